The van der Waals surface area contributed by atoms with Gasteiger partial charge in [-0.2, -0.15) is 27.2 Å². The van der Waals surface area contributed by atoms with Gasteiger partial charge in [0.1, 0.15) is 5.75 Å². The fourth-order valence-corrected chi connectivity index (χ4v) is 1.22. The number of rotatable bonds is 3. The first kappa shape index (κ1) is 14.6. The highest BCUT2D eigenvalue weighted by atomic mass is 32.1. The molecule has 0 aliphatic rings. The van der Waals surface area contributed by atoms with Crippen molar-refractivity contribution in [3.63, 3.8) is 0 Å². The molecule has 0 aliphatic carbocycles. The van der Waals surface area contributed by atoms with E-state index in [2.05, 4.69) is 17.4 Å². The van der Waals surface area contributed by atoms with Crippen molar-refractivity contribution < 1.29 is 26.7 Å². The van der Waals surface area contributed by atoms with Crippen LogP contribution >= 0.6 is 12.6 Å². The Morgan fingerprint density at radius 2 is 1.61 bits per heavy atom. The molecule has 0 spiro atoms. The van der Waals surface area contributed by atoms with Crippen LogP contribution in [0.25, 0.3) is 0 Å². The number of ether oxygens (including phenoxy) is 1. The molecule has 18 heavy (non-hydrogen) atoms. The van der Waals surface area contributed by atoms with Crippen molar-refractivity contribution in [2.24, 2.45) is 0 Å². The van der Waals surface area contributed by atoms with Crippen LogP contribution in [-0.4, -0.2) is 17.5 Å². The van der Waals surface area contributed by atoms with Gasteiger partial charge in [0, 0.05) is 0 Å². The second-order valence-electron chi connectivity index (χ2n) is 3.23. The molecule has 1 aromatic carbocycles. The molecule has 0 saturated carbocycles. The van der Waals surface area contributed by atoms with Crippen LogP contribution in [0.3, 0.4) is 0 Å². The molecule has 0 N–H and O–H groups in total. The van der Waals surface area contributed by atoms with Gasteiger partial charge < -0.3 is 4.74 Å². The summed E-state index contributed by atoms with van der Waals surface area (Å²) >= 11 is 3.11. The van der Waals surface area contributed by atoms with Crippen molar-refractivity contribution in [3.8, 4) is 11.8 Å². The van der Waals surface area contributed by atoms with Gasteiger partial charge in [0.05, 0.1) is 11.6 Å². The maximum Gasteiger partial charge on any atom is 0.458 e. The summed E-state index contributed by atoms with van der Waals surface area (Å²) in [5.74, 6) is -5.32. The summed E-state index contributed by atoms with van der Waals surface area (Å²) in [4.78, 5) is 0. The number of benzene rings is 1. The van der Waals surface area contributed by atoms with Gasteiger partial charge in [-0.05, 0) is 24.3 Å². The Morgan fingerprint density at radius 1 is 1.11 bits per heavy atom. The molecule has 0 aliphatic heterocycles. The van der Waals surface area contributed by atoms with Crippen molar-refractivity contribution in [2.75, 3.05) is 0 Å². The minimum Gasteiger partial charge on any atom is -0.473 e. The van der Waals surface area contributed by atoms with Gasteiger partial charge in [-0.25, -0.2) is 0 Å². The number of nitriles is 1. The van der Waals surface area contributed by atoms with Gasteiger partial charge in [0.15, 0.2) is 0 Å². The predicted octanol–water partition coefficient (Wildman–Crippen LogP) is 3.39. The second kappa shape index (κ2) is 5.02. The quantitative estimate of drug-likeness (QED) is 0.524. The first-order valence-corrected chi connectivity index (χ1v) is 4.99. The minimum absolute atomic E-state index is 0.223. The van der Waals surface area contributed by atoms with Crippen molar-refractivity contribution in [3.05, 3.63) is 29.8 Å². The smallest absolute Gasteiger partial charge is 0.458 e. The van der Waals surface area contributed by atoms with Crippen molar-refractivity contribution in [1.29, 1.82) is 5.26 Å². The second-order valence-corrected chi connectivity index (χ2v) is 3.70. The largest absolute Gasteiger partial charge is 0.473 e. The van der Waals surface area contributed by atoms with Gasteiger partial charge >= 0.3 is 12.1 Å². The van der Waals surface area contributed by atoms with Crippen LogP contribution in [0.5, 0.6) is 5.75 Å². The lowest BCUT2D eigenvalue weighted by Crippen LogP contribution is -2.47. The Hall–Kier alpha value is -1.49. The molecule has 0 amide bonds. The average molecular weight is 283 g/mol. The average Bonchev–Trinajstić information content (AvgIpc) is 2.28. The molecule has 0 heterocycles. The van der Waals surface area contributed by atoms with Crippen LogP contribution in [0.15, 0.2) is 24.3 Å². The van der Waals surface area contributed by atoms with E-state index in [9.17, 15) is 22.0 Å². The minimum atomic E-state index is -5.74. The molecule has 0 bridgehead atoms. The van der Waals surface area contributed by atoms with Crippen LogP contribution in [0, 0.1) is 11.3 Å². The molecule has 0 fully saturated rings. The Balaban J connectivity index is 2.81. The lowest BCUT2D eigenvalue weighted by Gasteiger charge is -2.25. The topological polar surface area (TPSA) is 33.0 Å². The lowest BCUT2D eigenvalue weighted by atomic mass is 10.2. The fourth-order valence-electron chi connectivity index (χ4n) is 0.951. The van der Waals surface area contributed by atoms with E-state index < -0.39 is 17.5 Å². The first-order valence-electron chi connectivity index (χ1n) is 4.48. The van der Waals surface area contributed by atoms with Crippen LogP contribution in [0.1, 0.15) is 5.56 Å². The third-order valence-electron chi connectivity index (χ3n) is 1.92. The number of hydrogen-bond donors (Lipinski definition) is 1. The third kappa shape index (κ3) is 3.04. The highest BCUT2D eigenvalue weighted by Crippen LogP contribution is 2.40. The zero-order chi connectivity index (χ0) is 14.0. The Kier molecular flexibility index (Phi) is 4.06. The summed E-state index contributed by atoms with van der Waals surface area (Å²) in [7, 11) is 0. The molecular weight excluding hydrogens is 277 g/mol. The monoisotopic (exact) mass is 283 g/mol. The van der Waals surface area contributed by atoms with Crippen molar-refractivity contribution in [1.82, 2.24) is 0 Å². The number of halogens is 5. The van der Waals surface area contributed by atoms with Gasteiger partial charge in [0.2, 0.25) is 5.44 Å². The molecule has 0 saturated heterocycles. The van der Waals surface area contributed by atoms with E-state index in [4.69, 9.17) is 5.26 Å². The number of thiol groups is 1. The van der Waals surface area contributed by atoms with Crippen LogP contribution < -0.4 is 4.74 Å². The highest BCUT2D eigenvalue weighted by Gasteiger charge is 2.63. The lowest BCUT2D eigenvalue weighted by molar-refractivity contribution is -0.295. The molecule has 1 aromatic rings. The SMILES string of the molecule is N#Cc1ccc(OC(S)C(F)(F)C(F)(F)F)cc1. The van der Waals surface area contributed by atoms with E-state index in [-0.39, 0.29) is 11.3 Å². The van der Waals surface area contributed by atoms with E-state index >= 15 is 0 Å². The molecule has 1 rings (SSSR count). The summed E-state index contributed by atoms with van der Waals surface area (Å²) in [6, 6.07) is 6.42. The van der Waals surface area contributed by atoms with Gasteiger partial charge in [-0.3, -0.25) is 0 Å². The zero-order valence-electron chi connectivity index (χ0n) is 8.58. The Morgan fingerprint density at radius 3 is 2.00 bits per heavy atom. The Labute approximate surface area is 104 Å². The Bertz CT molecular complexity index is 451. The molecule has 2 nitrogen and oxygen atoms in total. The van der Waals surface area contributed by atoms with Crippen LogP contribution in [-0.2, 0) is 0 Å². The van der Waals surface area contributed by atoms with Crippen molar-refractivity contribution in [2.45, 2.75) is 17.5 Å². The van der Waals surface area contributed by atoms with E-state index in [1.807, 2.05) is 0 Å². The third-order valence-corrected chi connectivity index (χ3v) is 2.35. The first-order chi connectivity index (χ1) is 8.18. The molecule has 1 unspecified atom stereocenters. The van der Waals surface area contributed by atoms with Crippen LogP contribution in [0.4, 0.5) is 22.0 Å². The summed E-state index contributed by atoms with van der Waals surface area (Å²) in [6.45, 7) is 0. The molecule has 0 radical (unpaired) electrons. The van der Waals surface area contributed by atoms with E-state index in [1.165, 1.54) is 12.1 Å². The fraction of sp³-hybridized carbons (Fsp3) is 0.300. The molecule has 1 atom stereocenters. The van der Waals surface area contributed by atoms with Gasteiger partial charge in [-0.15, -0.1) is 12.6 Å². The molecule has 98 valence electrons. The maximum atomic E-state index is 12.8. The van der Waals surface area contributed by atoms with Gasteiger partial charge in [-0.1, -0.05) is 0 Å². The summed E-state index contributed by atoms with van der Waals surface area (Å²) < 4.78 is 65.9. The standard InChI is InChI=1S/C10H6F5NOS/c11-9(12,10(13,14)15)8(18)17-7-3-1-6(5-16)2-4-7/h1-4,8,18H. The summed E-state index contributed by atoms with van der Waals surface area (Å²) in [6.07, 6.45) is -5.74. The summed E-state index contributed by atoms with van der Waals surface area (Å²) in [5, 5.41) is 8.47. The normalized spacial score (nSPS) is 13.8. The van der Waals surface area contributed by atoms with Gasteiger partial charge in [0.25, 0.3) is 0 Å². The maximum absolute atomic E-state index is 12.8. The van der Waals surface area contributed by atoms with E-state index in [0.717, 1.165) is 12.1 Å². The zero-order valence-corrected chi connectivity index (χ0v) is 9.47. The molecule has 0 aromatic heterocycles. The molecular formula is C10H6F5NOS. The molecule has 8 heteroatoms. The predicted molar refractivity (Wildman–Crippen MR) is 55.6 cm³/mol. The highest BCUT2D eigenvalue weighted by molar-refractivity contribution is 7.80. The summed E-state index contributed by atoms with van der Waals surface area (Å²) in [5.41, 5.74) is -2.44. The number of hydrogen-bond acceptors (Lipinski definition) is 3. The number of nitrogens with zero attached hydrogens (tertiary/aromatic N) is 1. The number of alkyl halides is 5. The van der Waals surface area contributed by atoms with Crippen LogP contribution in [0.2, 0.25) is 0 Å². The van der Waals surface area contributed by atoms with Crippen molar-refractivity contribution >= 4 is 12.6 Å². The van der Waals surface area contributed by atoms with E-state index in [0.29, 0.717) is 0 Å². The van der Waals surface area contributed by atoms with E-state index in [1.54, 1.807) is 6.07 Å².